The van der Waals surface area contributed by atoms with Crippen LogP contribution in [0.5, 0.6) is 0 Å². The standard InChI is InChI=1S/C22H19NO3S2/c1-16-7-6-8-17(13-16)15-27-21-12-5-3-10-19(21)23-28(24,25)22-14-18-9-2-4-11-20(18)26-22/h2-14,23H,15H2,1H3. The normalized spacial score (nSPS) is 11.6. The van der Waals surface area contributed by atoms with Crippen LogP contribution in [0.1, 0.15) is 11.1 Å². The van der Waals surface area contributed by atoms with Gasteiger partial charge in [-0.05, 0) is 30.7 Å². The molecule has 0 spiro atoms. The number of hydrogen-bond acceptors (Lipinski definition) is 4. The Morgan fingerprint density at radius 1 is 0.929 bits per heavy atom. The molecule has 4 aromatic rings. The number of nitrogens with one attached hydrogen (secondary N) is 1. The molecule has 4 nitrogen and oxygen atoms in total. The molecule has 0 aliphatic rings. The van der Waals surface area contributed by atoms with E-state index in [-0.39, 0.29) is 5.09 Å². The molecule has 0 aliphatic heterocycles. The minimum absolute atomic E-state index is 0.0906. The number of furan rings is 1. The van der Waals surface area contributed by atoms with Crippen LogP contribution in [0.3, 0.4) is 0 Å². The van der Waals surface area contributed by atoms with Crippen molar-refractivity contribution < 1.29 is 12.8 Å². The summed E-state index contributed by atoms with van der Waals surface area (Å²) in [6, 6.07) is 24.5. The highest BCUT2D eigenvalue weighted by molar-refractivity contribution is 7.98. The van der Waals surface area contributed by atoms with Crippen LogP contribution in [-0.4, -0.2) is 8.42 Å². The monoisotopic (exact) mass is 409 g/mol. The molecule has 142 valence electrons. The predicted molar refractivity (Wildman–Crippen MR) is 114 cm³/mol. The quantitative estimate of drug-likeness (QED) is 0.407. The van der Waals surface area contributed by atoms with Crippen molar-refractivity contribution in [1.82, 2.24) is 0 Å². The lowest BCUT2D eigenvalue weighted by atomic mass is 10.2. The Morgan fingerprint density at radius 2 is 1.71 bits per heavy atom. The summed E-state index contributed by atoms with van der Waals surface area (Å²) in [5.41, 5.74) is 3.49. The second-order valence-electron chi connectivity index (χ2n) is 6.48. The zero-order valence-electron chi connectivity index (χ0n) is 15.3. The molecule has 0 amide bonds. The average Bonchev–Trinajstić information content (AvgIpc) is 3.12. The van der Waals surface area contributed by atoms with Crippen LogP contribution in [-0.2, 0) is 15.8 Å². The second-order valence-corrected chi connectivity index (χ2v) is 9.11. The summed E-state index contributed by atoms with van der Waals surface area (Å²) in [5.74, 6) is 0.755. The Hall–Kier alpha value is -2.70. The fourth-order valence-corrected chi connectivity index (χ4v) is 4.99. The average molecular weight is 410 g/mol. The van der Waals surface area contributed by atoms with Crippen molar-refractivity contribution >= 4 is 38.4 Å². The SMILES string of the molecule is Cc1cccc(CSc2ccccc2NS(=O)(=O)c2cc3ccccc3o2)c1. The molecule has 0 saturated heterocycles. The molecule has 6 heteroatoms. The molecular weight excluding hydrogens is 390 g/mol. The molecule has 0 aliphatic carbocycles. The van der Waals surface area contributed by atoms with E-state index in [0.717, 1.165) is 16.0 Å². The summed E-state index contributed by atoms with van der Waals surface area (Å²) in [6.07, 6.45) is 0. The molecule has 1 heterocycles. The van der Waals surface area contributed by atoms with Gasteiger partial charge in [0.2, 0.25) is 5.09 Å². The molecule has 4 rings (SSSR count). The van der Waals surface area contributed by atoms with Crippen LogP contribution in [0.4, 0.5) is 5.69 Å². The van der Waals surface area contributed by atoms with Gasteiger partial charge >= 0.3 is 0 Å². The van der Waals surface area contributed by atoms with Crippen molar-refractivity contribution in [2.24, 2.45) is 0 Å². The summed E-state index contributed by atoms with van der Waals surface area (Å²) in [6.45, 7) is 2.06. The fourth-order valence-electron chi connectivity index (χ4n) is 2.92. The summed E-state index contributed by atoms with van der Waals surface area (Å²) in [7, 11) is -3.82. The van der Waals surface area contributed by atoms with Gasteiger partial charge in [0.15, 0.2) is 0 Å². The first-order valence-corrected chi connectivity index (χ1v) is 11.3. The fraction of sp³-hybridized carbons (Fsp3) is 0.0909. The smallest absolute Gasteiger partial charge is 0.295 e. The van der Waals surface area contributed by atoms with Gasteiger partial charge in [-0.2, -0.15) is 8.42 Å². The van der Waals surface area contributed by atoms with E-state index in [0.29, 0.717) is 11.3 Å². The summed E-state index contributed by atoms with van der Waals surface area (Å²) >= 11 is 1.59. The topological polar surface area (TPSA) is 59.3 Å². The van der Waals surface area contributed by atoms with Crippen LogP contribution >= 0.6 is 11.8 Å². The summed E-state index contributed by atoms with van der Waals surface area (Å²) in [4.78, 5) is 0.865. The van der Waals surface area contributed by atoms with E-state index in [1.807, 2.05) is 42.5 Å². The maximum Gasteiger partial charge on any atom is 0.295 e. The molecule has 28 heavy (non-hydrogen) atoms. The number of para-hydroxylation sites is 2. The largest absolute Gasteiger partial charge is 0.443 e. The van der Waals surface area contributed by atoms with Crippen molar-refractivity contribution in [2.45, 2.75) is 22.7 Å². The van der Waals surface area contributed by atoms with Gasteiger partial charge in [0.05, 0.1) is 5.69 Å². The van der Waals surface area contributed by atoms with Crippen LogP contribution < -0.4 is 4.72 Å². The van der Waals surface area contributed by atoms with E-state index in [9.17, 15) is 8.42 Å². The second kappa shape index (κ2) is 7.73. The number of thioether (sulfide) groups is 1. The van der Waals surface area contributed by atoms with E-state index in [1.54, 1.807) is 30.0 Å². The third-order valence-electron chi connectivity index (χ3n) is 4.28. The Balaban J connectivity index is 1.57. The van der Waals surface area contributed by atoms with E-state index in [2.05, 4.69) is 29.8 Å². The first-order valence-electron chi connectivity index (χ1n) is 8.80. The van der Waals surface area contributed by atoms with E-state index >= 15 is 0 Å². The number of anilines is 1. The van der Waals surface area contributed by atoms with Crippen LogP contribution in [0.2, 0.25) is 0 Å². The van der Waals surface area contributed by atoms with Gasteiger partial charge < -0.3 is 4.42 Å². The minimum atomic E-state index is -3.82. The van der Waals surface area contributed by atoms with E-state index in [4.69, 9.17) is 4.42 Å². The minimum Gasteiger partial charge on any atom is -0.443 e. The van der Waals surface area contributed by atoms with Crippen LogP contribution in [0.15, 0.2) is 93.3 Å². The van der Waals surface area contributed by atoms with Crippen molar-refractivity contribution in [2.75, 3.05) is 4.72 Å². The number of rotatable bonds is 6. The van der Waals surface area contributed by atoms with Gasteiger partial charge in [-0.3, -0.25) is 4.72 Å². The first-order chi connectivity index (χ1) is 13.5. The zero-order valence-corrected chi connectivity index (χ0v) is 16.9. The number of aryl methyl sites for hydroxylation is 1. The molecule has 1 aromatic heterocycles. The molecule has 0 bridgehead atoms. The lowest BCUT2D eigenvalue weighted by molar-refractivity contribution is 0.484. The Morgan fingerprint density at radius 3 is 2.54 bits per heavy atom. The molecular formula is C22H19NO3S2. The molecule has 0 fully saturated rings. The highest BCUT2D eigenvalue weighted by atomic mass is 32.2. The van der Waals surface area contributed by atoms with Gasteiger partial charge in [0, 0.05) is 22.1 Å². The lowest BCUT2D eigenvalue weighted by Crippen LogP contribution is -2.12. The van der Waals surface area contributed by atoms with Gasteiger partial charge in [-0.1, -0.05) is 60.2 Å². The predicted octanol–water partition coefficient (Wildman–Crippen LogP) is 5.83. The number of fused-ring (bicyclic) bond motifs is 1. The highest BCUT2D eigenvalue weighted by Gasteiger charge is 2.21. The maximum atomic E-state index is 12.8. The lowest BCUT2D eigenvalue weighted by Gasteiger charge is -2.11. The van der Waals surface area contributed by atoms with Gasteiger partial charge in [-0.15, -0.1) is 11.8 Å². The van der Waals surface area contributed by atoms with Gasteiger partial charge in [0.25, 0.3) is 10.0 Å². The molecule has 0 atom stereocenters. The van der Waals surface area contributed by atoms with Crippen molar-refractivity contribution in [1.29, 1.82) is 0 Å². The van der Waals surface area contributed by atoms with E-state index in [1.165, 1.54) is 11.1 Å². The maximum absolute atomic E-state index is 12.8. The molecule has 0 unspecified atom stereocenters. The van der Waals surface area contributed by atoms with Gasteiger partial charge in [-0.25, -0.2) is 0 Å². The highest BCUT2D eigenvalue weighted by Crippen LogP contribution is 2.32. The van der Waals surface area contributed by atoms with Crippen molar-refractivity contribution in [3.05, 3.63) is 90.0 Å². The number of hydrogen-bond donors (Lipinski definition) is 1. The molecule has 0 radical (unpaired) electrons. The third kappa shape index (κ3) is 4.08. The Kier molecular flexibility index (Phi) is 5.15. The van der Waals surface area contributed by atoms with E-state index < -0.39 is 10.0 Å². The molecule has 1 N–H and O–H groups in total. The molecule has 3 aromatic carbocycles. The number of sulfonamides is 1. The van der Waals surface area contributed by atoms with Crippen LogP contribution in [0.25, 0.3) is 11.0 Å². The van der Waals surface area contributed by atoms with Gasteiger partial charge in [0.1, 0.15) is 5.58 Å². The number of benzene rings is 3. The van der Waals surface area contributed by atoms with Crippen molar-refractivity contribution in [3.8, 4) is 0 Å². The first kappa shape index (κ1) is 18.7. The third-order valence-corrected chi connectivity index (χ3v) is 6.64. The van der Waals surface area contributed by atoms with Crippen LogP contribution in [0, 0.1) is 6.92 Å². The Bertz CT molecular complexity index is 1200. The molecule has 0 saturated carbocycles. The van der Waals surface area contributed by atoms with Crippen molar-refractivity contribution in [3.63, 3.8) is 0 Å². The summed E-state index contributed by atoms with van der Waals surface area (Å²) in [5, 5.41) is 0.664. The summed E-state index contributed by atoms with van der Waals surface area (Å²) < 4.78 is 33.9. The zero-order chi connectivity index (χ0) is 19.6. The Labute approximate surface area is 168 Å².